The van der Waals surface area contributed by atoms with Crippen LogP contribution < -0.4 is 5.32 Å². The zero-order valence-corrected chi connectivity index (χ0v) is 12.9. The molecule has 2 rings (SSSR count). The minimum Gasteiger partial charge on any atom is -0.351 e. The van der Waals surface area contributed by atoms with E-state index < -0.39 is 0 Å². The van der Waals surface area contributed by atoms with E-state index >= 15 is 0 Å². The molecule has 1 aromatic carbocycles. The van der Waals surface area contributed by atoms with Crippen LogP contribution in [-0.2, 0) is 11.3 Å². The summed E-state index contributed by atoms with van der Waals surface area (Å²) in [7, 11) is 0. The molecule has 1 aliphatic rings. The van der Waals surface area contributed by atoms with Crippen LogP contribution in [0.1, 0.15) is 39.2 Å². The molecule has 1 unspecified atom stereocenters. The van der Waals surface area contributed by atoms with Crippen molar-refractivity contribution in [2.45, 2.75) is 45.7 Å². The van der Waals surface area contributed by atoms with Crippen LogP contribution in [-0.4, -0.2) is 29.4 Å². The molecule has 1 atom stereocenters. The molecule has 1 saturated heterocycles. The van der Waals surface area contributed by atoms with Gasteiger partial charge in [-0.1, -0.05) is 30.3 Å². The summed E-state index contributed by atoms with van der Waals surface area (Å²) in [6.07, 6.45) is 2.11. The fraction of sp³-hybridized carbons (Fsp3) is 0.588. The molecule has 1 aromatic rings. The van der Waals surface area contributed by atoms with Gasteiger partial charge in [-0.2, -0.15) is 0 Å². The molecule has 0 aromatic heterocycles. The van der Waals surface area contributed by atoms with Crippen LogP contribution in [0.2, 0.25) is 0 Å². The van der Waals surface area contributed by atoms with Gasteiger partial charge in [0, 0.05) is 18.6 Å². The van der Waals surface area contributed by atoms with E-state index in [1.807, 2.05) is 26.8 Å². The summed E-state index contributed by atoms with van der Waals surface area (Å²) in [5.74, 6) is 0.335. The third-order valence-corrected chi connectivity index (χ3v) is 3.62. The molecule has 1 aliphatic heterocycles. The summed E-state index contributed by atoms with van der Waals surface area (Å²) in [6.45, 7) is 9.02. The summed E-state index contributed by atoms with van der Waals surface area (Å²) in [5, 5.41) is 3.11. The topological polar surface area (TPSA) is 32.3 Å². The number of benzene rings is 1. The van der Waals surface area contributed by atoms with Crippen LogP contribution in [0, 0.1) is 5.92 Å². The second-order valence-electron chi connectivity index (χ2n) is 6.80. The van der Waals surface area contributed by atoms with Crippen molar-refractivity contribution in [2.24, 2.45) is 5.92 Å². The molecule has 20 heavy (non-hydrogen) atoms. The molecule has 0 aliphatic carbocycles. The molecule has 1 heterocycles. The van der Waals surface area contributed by atoms with Crippen molar-refractivity contribution in [1.82, 2.24) is 10.2 Å². The lowest BCUT2D eigenvalue weighted by molar-refractivity contribution is -0.128. The maximum absolute atomic E-state index is 12.3. The predicted molar refractivity (Wildman–Crippen MR) is 82.3 cm³/mol. The molecule has 0 radical (unpaired) electrons. The average molecular weight is 274 g/mol. The fourth-order valence-electron chi connectivity index (χ4n) is 2.73. The van der Waals surface area contributed by atoms with Crippen LogP contribution in [0.3, 0.4) is 0 Å². The van der Waals surface area contributed by atoms with E-state index in [0.29, 0.717) is 0 Å². The fourth-order valence-corrected chi connectivity index (χ4v) is 2.73. The summed E-state index contributed by atoms with van der Waals surface area (Å²) < 4.78 is 0. The van der Waals surface area contributed by atoms with E-state index in [1.165, 1.54) is 5.56 Å². The lowest BCUT2D eigenvalue weighted by atomic mass is 9.95. The van der Waals surface area contributed by atoms with Gasteiger partial charge in [0.05, 0.1) is 5.92 Å². The standard InChI is InChI=1S/C17H26N2O/c1-17(2,3)18-16(20)15-10-7-11-19(13-15)12-14-8-5-4-6-9-14/h4-6,8-9,15H,7,10-13H2,1-3H3,(H,18,20). The van der Waals surface area contributed by atoms with Gasteiger partial charge >= 0.3 is 0 Å². The molecular formula is C17H26N2O. The second-order valence-corrected chi connectivity index (χ2v) is 6.80. The maximum Gasteiger partial charge on any atom is 0.224 e. The summed E-state index contributed by atoms with van der Waals surface area (Å²) in [6, 6.07) is 10.5. The number of hydrogen-bond donors (Lipinski definition) is 1. The van der Waals surface area contributed by atoms with E-state index in [4.69, 9.17) is 0 Å². The molecule has 3 heteroatoms. The zero-order valence-electron chi connectivity index (χ0n) is 12.9. The largest absolute Gasteiger partial charge is 0.351 e. The number of amides is 1. The van der Waals surface area contributed by atoms with Crippen molar-refractivity contribution >= 4 is 5.91 Å². The first kappa shape index (κ1) is 15.0. The summed E-state index contributed by atoms with van der Waals surface area (Å²) in [4.78, 5) is 14.7. The molecule has 1 amide bonds. The normalized spacial score (nSPS) is 20.6. The van der Waals surface area contributed by atoms with E-state index in [-0.39, 0.29) is 17.4 Å². The first-order valence-corrected chi connectivity index (χ1v) is 7.52. The molecule has 1 N–H and O–H groups in total. The summed E-state index contributed by atoms with van der Waals surface area (Å²) in [5.41, 5.74) is 1.18. The zero-order chi connectivity index (χ0) is 14.6. The van der Waals surface area contributed by atoms with Crippen LogP contribution in [0.15, 0.2) is 30.3 Å². The van der Waals surface area contributed by atoms with Crippen LogP contribution in [0.5, 0.6) is 0 Å². The maximum atomic E-state index is 12.3. The van der Waals surface area contributed by atoms with Gasteiger partial charge < -0.3 is 5.32 Å². The van der Waals surface area contributed by atoms with E-state index in [2.05, 4.69) is 34.5 Å². The number of hydrogen-bond acceptors (Lipinski definition) is 2. The molecule has 1 fully saturated rings. The van der Waals surface area contributed by atoms with Crippen molar-refractivity contribution in [3.05, 3.63) is 35.9 Å². The highest BCUT2D eigenvalue weighted by molar-refractivity contribution is 5.79. The molecule has 0 bridgehead atoms. The minimum absolute atomic E-state index is 0.131. The number of rotatable bonds is 3. The molecular weight excluding hydrogens is 248 g/mol. The lowest BCUT2D eigenvalue weighted by Gasteiger charge is -2.33. The Bertz CT molecular complexity index is 436. The van der Waals surface area contributed by atoms with E-state index in [9.17, 15) is 4.79 Å². The Morgan fingerprint density at radius 1 is 1.30 bits per heavy atom. The number of likely N-dealkylation sites (tertiary alicyclic amines) is 1. The first-order chi connectivity index (χ1) is 9.44. The summed E-state index contributed by atoms with van der Waals surface area (Å²) >= 11 is 0. The Morgan fingerprint density at radius 3 is 2.65 bits per heavy atom. The molecule has 0 spiro atoms. The van der Waals surface area contributed by atoms with Crippen molar-refractivity contribution in [3.8, 4) is 0 Å². The Kier molecular flexibility index (Phi) is 4.81. The van der Waals surface area contributed by atoms with Gasteiger partial charge in [-0.3, -0.25) is 9.69 Å². The Hall–Kier alpha value is -1.35. The van der Waals surface area contributed by atoms with Crippen molar-refractivity contribution < 1.29 is 4.79 Å². The number of carbonyl (C=O) groups excluding carboxylic acids is 1. The van der Waals surface area contributed by atoms with Gasteiger partial charge in [-0.15, -0.1) is 0 Å². The van der Waals surface area contributed by atoms with Crippen LogP contribution >= 0.6 is 0 Å². The average Bonchev–Trinajstić information content (AvgIpc) is 2.38. The molecule has 0 saturated carbocycles. The number of nitrogens with zero attached hydrogens (tertiary/aromatic N) is 1. The van der Waals surface area contributed by atoms with Gasteiger partial charge in [-0.25, -0.2) is 0 Å². The van der Waals surface area contributed by atoms with Crippen LogP contribution in [0.4, 0.5) is 0 Å². The number of piperidine rings is 1. The highest BCUT2D eigenvalue weighted by atomic mass is 16.2. The highest BCUT2D eigenvalue weighted by Crippen LogP contribution is 2.19. The van der Waals surface area contributed by atoms with Gasteiger partial charge in [-0.05, 0) is 45.7 Å². The van der Waals surface area contributed by atoms with Gasteiger partial charge in [0.2, 0.25) is 5.91 Å². The Labute approximate surface area is 122 Å². The van der Waals surface area contributed by atoms with E-state index in [0.717, 1.165) is 32.5 Å². The Morgan fingerprint density at radius 2 is 2.00 bits per heavy atom. The van der Waals surface area contributed by atoms with Crippen molar-refractivity contribution in [2.75, 3.05) is 13.1 Å². The monoisotopic (exact) mass is 274 g/mol. The Balaban J connectivity index is 1.90. The first-order valence-electron chi connectivity index (χ1n) is 7.52. The quantitative estimate of drug-likeness (QED) is 0.919. The third-order valence-electron chi connectivity index (χ3n) is 3.62. The van der Waals surface area contributed by atoms with Crippen LogP contribution in [0.25, 0.3) is 0 Å². The lowest BCUT2D eigenvalue weighted by Crippen LogP contribution is -2.48. The van der Waals surface area contributed by atoms with Gasteiger partial charge in [0.1, 0.15) is 0 Å². The van der Waals surface area contributed by atoms with Gasteiger partial charge in [0.25, 0.3) is 0 Å². The minimum atomic E-state index is -0.140. The SMILES string of the molecule is CC(C)(C)NC(=O)C1CCCN(Cc2ccccc2)C1. The van der Waals surface area contributed by atoms with Crippen molar-refractivity contribution in [1.29, 1.82) is 0 Å². The number of nitrogens with one attached hydrogen (secondary N) is 1. The number of carbonyl (C=O) groups is 1. The smallest absolute Gasteiger partial charge is 0.224 e. The van der Waals surface area contributed by atoms with E-state index in [1.54, 1.807) is 0 Å². The van der Waals surface area contributed by atoms with Gasteiger partial charge in [0.15, 0.2) is 0 Å². The second kappa shape index (κ2) is 6.40. The third kappa shape index (κ3) is 4.64. The highest BCUT2D eigenvalue weighted by Gasteiger charge is 2.27. The predicted octanol–water partition coefficient (Wildman–Crippen LogP) is 2.81. The van der Waals surface area contributed by atoms with Crippen molar-refractivity contribution in [3.63, 3.8) is 0 Å². The molecule has 110 valence electrons. The molecule has 3 nitrogen and oxygen atoms in total.